The SMILES string of the molecule is CC(C)c1nc(-c2ccc(F)c(Cl)c2)cc(=O)[nH]1. The lowest BCUT2D eigenvalue weighted by atomic mass is 10.1. The van der Waals surface area contributed by atoms with Gasteiger partial charge in [-0.2, -0.15) is 0 Å². The molecule has 2 aromatic rings. The molecule has 2 rings (SSSR count). The van der Waals surface area contributed by atoms with Crippen LogP contribution >= 0.6 is 11.6 Å². The molecular formula is C13H12ClFN2O. The van der Waals surface area contributed by atoms with Gasteiger partial charge in [0.05, 0.1) is 10.7 Å². The van der Waals surface area contributed by atoms with Crippen molar-refractivity contribution >= 4 is 11.6 Å². The lowest BCUT2D eigenvalue weighted by molar-refractivity contribution is 0.628. The predicted molar refractivity (Wildman–Crippen MR) is 69.4 cm³/mol. The highest BCUT2D eigenvalue weighted by atomic mass is 35.5. The lowest BCUT2D eigenvalue weighted by Gasteiger charge is -2.07. The van der Waals surface area contributed by atoms with E-state index in [0.29, 0.717) is 17.1 Å². The fraction of sp³-hybridized carbons (Fsp3) is 0.231. The van der Waals surface area contributed by atoms with Crippen LogP contribution in [0.5, 0.6) is 0 Å². The van der Waals surface area contributed by atoms with E-state index in [1.807, 2.05) is 13.8 Å². The Kier molecular flexibility index (Phi) is 3.48. The van der Waals surface area contributed by atoms with E-state index in [-0.39, 0.29) is 16.5 Å². The van der Waals surface area contributed by atoms with Gasteiger partial charge in [0.2, 0.25) is 0 Å². The van der Waals surface area contributed by atoms with Gasteiger partial charge in [-0.3, -0.25) is 4.79 Å². The molecule has 0 amide bonds. The van der Waals surface area contributed by atoms with Crippen molar-refractivity contribution in [2.75, 3.05) is 0 Å². The van der Waals surface area contributed by atoms with Crippen molar-refractivity contribution in [1.82, 2.24) is 9.97 Å². The third kappa shape index (κ3) is 2.59. The molecule has 0 aliphatic heterocycles. The van der Waals surface area contributed by atoms with E-state index < -0.39 is 5.82 Å². The molecule has 0 radical (unpaired) electrons. The third-order valence-corrected chi connectivity index (χ3v) is 2.81. The van der Waals surface area contributed by atoms with Gasteiger partial charge in [-0.1, -0.05) is 25.4 Å². The topological polar surface area (TPSA) is 45.8 Å². The van der Waals surface area contributed by atoms with Crippen LogP contribution < -0.4 is 5.56 Å². The summed E-state index contributed by atoms with van der Waals surface area (Å²) in [5, 5.41) is 0.0145. The fourth-order valence-corrected chi connectivity index (χ4v) is 1.73. The summed E-state index contributed by atoms with van der Waals surface area (Å²) >= 11 is 5.72. The summed E-state index contributed by atoms with van der Waals surface area (Å²) in [5.74, 6) is 0.209. The molecule has 0 saturated carbocycles. The standard InChI is InChI=1S/C13H12ClFN2O/c1-7(2)13-16-11(6-12(18)17-13)8-3-4-10(15)9(14)5-8/h3-7H,1-2H3,(H,16,17,18). The highest BCUT2D eigenvalue weighted by Gasteiger charge is 2.08. The normalized spacial score (nSPS) is 10.9. The van der Waals surface area contributed by atoms with Crippen LogP contribution in [0.2, 0.25) is 5.02 Å². The first-order valence-corrected chi connectivity index (χ1v) is 5.92. The number of nitrogens with one attached hydrogen (secondary N) is 1. The Hall–Kier alpha value is -1.68. The van der Waals surface area contributed by atoms with Crippen molar-refractivity contribution in [2.45, 2.75) is 19.8 Å². The zero-order valence-corrected chi connectivity index (χ0v) is 10.8. The summed E-state index contributed by atoms with van der Waals surface area (Å²) in [6.07, 6.45) is 0. The van der Waals surface area contributed by atoms with Crippen molar-refractivity contribution in [3.8, 4) is 11.3 Å². The largest absolute Gasteiger partial charge is 0.310 e. The first-order valence-electron chi connectivity index (χ1n) is 5.54. The van der Waals surface area contributed by atoms with Gasteiger partial charge >= 0.3 is 0 Å². The van der Waals surface area contributed by atoms with E-state index in [4.69, 9.17) is 11.6 Å². The Morgan fingerprint density at radius 2 is 2.06 bits per heavy atom. The number of hydrogen-bond acceptors (Lipinski definition) is 2. The van der Waals surface area contributed by atoms with E-state index in [9.17, 15) is 9.18 Å². The van der Waals surface area contributed by atoms with Crippen LogP contribution in [-0.4, -0.2) is 9.97 Å². The van der Waals surface area contributed by atoms with E-state index in [0.717, 1.165) is 0 Å². The average Bonchev–Trinajstić information content (AvgIpc) is 2.31. The van der Waals surface area contributed by atoms with Crippen molar-refractivity contribution in [3.63, 3.8) is 0 Å². The molecule has 94 valence electrons. The highest BCUT2D eigenvalue weighted by molar-refractivity contribution is 6.31. The summed E-state index contributed by atoms with van der Waals surface area (Å²) in [6.45, 7) is 3.86. The summed E-state index contributed by atoms with van der Waals surface area (Å²) in [7, 11) is 0. The first kappa shape index (κ1) is 12.8. The summed E-state index contributed by atoms with van der Waals surface area (Å²) in [5.41, 5.74) is 0.878. The minimum Gasteiger partial charge on any atom is -0.310 e. The van der Waals surface area contributed by atoms with Crippen LogP contribution in [0.25, 0.3) is 11.3 Å². The van der Waals surface area contributed by atoms with E-state index in [1.165, 1.54) is 18.2 Å². The molecular weight excluding hydrogens is 255 g/mol. The number of H-pyrrole nitrogens is 1. The Morgan fingerprint density at radius 3 is 2.67 bits per heavy atom. The minimum absolute atomic E-state index is 0.0145. The third-order valence-electron chi connectivity index (χ3n) is 2.52. The van der Waals surface area contributed by atoms with Crippen LogP contribution in [0.4, 0.5) is 4.39 Å². The number of aromatic amines is 1. The zero-order valence-electron chi connectivity index (χ0n) is 10.00. The molecule has 1 aromatic carbocycles. The van der Waals surface area contributed by atoms with Crippen molar-refractivity contribution in [2.24, 2.45) is 0 Å². The second-order valence-corrected chi connectivity index (χ2v) is 4.71. The molecule has 1 N–H and O–H groups in total. The van der Waals surface area contributed by atoms with Crippen LogP contribution in [-0.2, 0) is 0 Å². The average molecular weight is 267 g/mol. The number of halogens is 2. The molecule has 3 nitrogen and oxygen atoms in total. The molecule has 5 heteroatoms. The molecule has 0 unspecified atom stereocenters. The van der Waals surface area contributed by atoms with Crippen LogP contribution in [0.15, 0.2) is 29.1 Å². The molecule has 0 saturated heterocycles. The molecule has 0 aliphatic carbocycles. The van der Waals surface area contributed by atoms with Gasteiger partial charge in [0.1, 0.15) is 11.6 Å². The molecule has 1 heterocycles. The molecule has 0 aliphatic rings. The van der Waals surface area contributed by atoms with Crippen LogP contribution in [0.1, 0.15) is 25.6 Å². The zero-order chi connectivity index (χ0) is 13.3. The summed E-state index contributed by atoms with van der Waals surface area (Å²) in [4.78, 5) is 18.5. The summed E-state index contributed by atoms with van der Waals surface area (Å²) in [6, 6.07) is 5.64. The monoisotopic (exact) mass is 266 g/mol. The van der Waals surface area contributed by atoms with Crippen LogP contribution in [0, 0.1) is 5.82 Å². The Bertz CT molecular complexity index is 637. The lowest BCUT2D eigenvalue weighted by Crippen LogP contribution is -2.12. The predicted octanol–water partition coefficient (Wildman–Crippen LogP) is 3.35. The van der Waals surface area contributed by atoms with Gasteiger partial charge < -0.3 is 4.98 Å². The summed E-state index contributed by atoms with van der Waals surface area (Å²) < 4.78 is 13.1. The van der Waals surface area contributed by atoms with Gasteiger partial charge in [0.25, 0.3) is 5.56 Å². The Labute approximate surface area is 109 Å². The number of nitrogens with zero attached hydrogens (tertiary/aromatic N) is 1. The second kappa shape index (κ2) is 4.90. The van der Waals surface area contributed by atoms with Gasteiger partial charge in [-0.05, 0) is 18.2 Å². The van der Waals surface area contributed by atoms with E-state index in [1.54, 1.807) is 6.07 Å². The van der Waals surface area contributed by atoms with Gasteiger partial charge in [0, 0.05) is 17.5 Å². The van der Waals surface area contributed by atoms with Gasteiger partial charge in [0.15, 0.2) is 0 Å². The Morgan fingerprint density at radius 1 is 1.33 bits per heavy atom. The van der Waals surface area contributed by atoms with E-state index in [2.05, 4.69) is 9.97 Å². The maximum absolute atomic E-state index is 13.1. The van der Waals surface area contributed by atoms with E-state index >= 15 is 0 Å². The molecule has 0 spiro atoms. The number of rotatable bonds is 2. The van der Waals surface area contributed by atoms with Crippen molar-refractivity contribution < 1.29 is 4.39 Å². The molecule has 0 fully saturated rings. The van der Waals surface area contributed by atoms with Crippen LogP contribution in [0.3, 0.4) is 0 Å². The molecule has 0 bridgehead atoms. The maximum atomic E-state index is 13.1. The van der Waals surface area contributed by atoms with Gasteiger partial charge in [-0.15, -0.1) is 0 Å². The molecule has 18 heavy (non-hydrogen) atoms. The second-order valence-electron chi connectivity index (χ2n) is 4.30. The fourth-order valence-electron chi connectivity index (χ4n) is 1.55. The quantitative estimate of drug-likeness (QED) is 0.906. The number of hydrogen-bond donors (Lipinski definition) is 1. The number of benzene rings is 1. The van der Waals surface area contributed by atoms with Crippen molar-refractivity contribution in [1.29, 1.82) is 0 Å². The smallest absolute Gasteiger partial charge is 0.251 e. The molecule has 0 atom stereocenters. The van der Waals surface area contributed by atoms with Crippen molar-refractivity contribution in [3.05, 3.63) is 51.3 Å². The number of aromatic nitrogens is 2. The highest BCUT2D eigenvalue weighted by Crippen LogP contribution is 2.23. The van der Waals surface area contributed by atoms with Gasteiger partial charge in [-0.25, -0.2) is 9.37 Å². The minimum atomic E-state index is -0.491. The maximum Gasteiger partial charge on any atom is 0.251 e. The molecule has 1 aromatic heterocycles. The first-order chi connectivity index (χ1) is 8.47. The Balaban J connectivity index is 2.56.